The van der Waals surface area contributed by atoms with Gasteiger partial charge in [-0.25, -0.2) is 0 Å². The fraction of sp³-hybridized carbons (Fsp3) is 0.188. The summed E-state index contributed by atoms with van der Waals surface area (Å²) >= 11 is 4.28. The summed E-state index contributed by atoms with van der Waals surface area (Å²) in [4.78, 5) is 12.5. The number of amides is 1. The van der Waals surface area contributed by atoms with Crippen molar-refractivity contribution in [1.82, 2.24) is 0 Å². The van der Waals surface area contributed by atoms with E-state index in [-0.39, 0.29) is 12.5 Å². The van der Waals surface area contributed by atoms with Crippen molar-refractivity contribution in [2.75, 3.05) is 11.9 Å². The van der Waals surface area contributed by atoms with Crippen LogP contribution in [0.15, 0.2) is 53.4 Å². The van der Waals surface area contributed by atoms with Gasteiger partial charge in [-0.1, -0.05) is 31.2 Å². The molecule has 2 rings (SSSR count). The van der Waals surface area contributed by atoms with Crippen LogP contribution < -0.4 is 10.1 Å². The highest BCUT2D eigenvalue weighted by molar-refractivity contribution is 7.80. The van der Waals surface area contributed by atoms with E-state index >= 15 is 0 Å². The van der Waals surface area contributed by atoms with Crippen LogP contribution in [-0.4, -0.2) is 12.5 Å². The van der Waals surface area contributed by atoms with Crippen molar-refractivity contribution in [2.45, 2.75) is 18.2 Å². The molecule has 2 aromatic rings. The lowest BCUT2D eigenvalue weighted by Gasteiger charge is -2.09. The highest BCUT2D eigenvalue weighted by Crippen LogP contribution is 2.18. The summed E-state index contributed by atoms with van der Waals surface area (Å²) in [6.45, 7) is 2.08. The molecule has 0 aliphatic rings. The second kappa shape index (κ2) is 7.01. The first-order valence-corrected chi connectivity index (χ1v) is 6.93. The van der Waals surface area contributed by atoms with Gasteiger partial charge in [-0.15, -0.1) is 12.6 Å². The molecular weight excluding hydrogens is 270 g/mol. The van der Waals surface area contributed by atoms with Gasteiger partial charge in [0.25, 0.3) is 5.91 Å². The van der Waals surface area contributed by atoms with Crippen LogP contribution in [0.25, 0.3) is 0 Å². The molecule has 0 heterocycles. The lowest BCUT2D eigenvalue weighted by Crippen LogP contribution is -2.20. The molecule has 4 heteroatoms. The van der Waals surface area contributed by atoms with Crippen LogP contribution >= 0.6 is 12.6 Å². The van der Waals surface area contributed by atoms with E-state index < -0.39 is 0 Å². The van der Waals surface area contributed by atoms with Crippen LogP contribution in [0.1, 0.15) is 12.5 Å². The first-order valence-electron chi connectivity index (χ1n) is 6.48. The summed E-state index contributed by atoms with van der Waals surface area (Å²) in [5.41, 5.74) is 1.93. The number of rotatable bonds is 5. The molecule has 0 unspecified atom stereocenters. The highest BCUT2D eigenvalue weighted by atomic mass is 32.1. The number of benzene rings is 2. The lowest BCUT2D eigenvalue weighted by molar-refractivity contribution is -0.118. The maximum absolute atomic E-state index is 11.8. The van der Waals surface area contributed by atoms with E-state index in [4.69, 9.17) is 4.74 Å². The number of aryl methyl sites for hydroxylation is 1. The third kappa shape index (κ3) is 4.03. The van der Waals surface area contributed by atoms with Gasteiger partial charge >= 0.3 is 0 Å². The number of hydrogen-bond donors (Lipinski definition) is 2. The van der Waals surface area contributed by atoms with Crippen molar-refractivity contribution >= 4 is 24.2 Å². The van der Waals surface area contributed by atoms with Crippen LogP contribution in [0.5, 0.6) is 5.75 Å². The van der Waals surface area contributed by atoms with Crippen LogP contribution in [0, 0.1) is 0 Å². The molecule has 0 saturated carbocycles. The molecule has 104 valence electrons. The molecule has 0 aromatic heterocycles. The second-order valence-electron chi connectivity index (χ2n) is 4.35. The molecule has 0 fully saturated rings. The Morgan fingerprint density at radius 3 is 2.50 bits per heavy atom. The number of thiol groups is 1. The average molecular weight is 287 g/mol. The summed E-state index contributed by atoms with van der Waals surface area (Å²) < 4.78 is 5.44. The molecular formula is C16H17NO2S. The Hall–Kier alpha value is -1.94. The molecule has 2 aromatic carbocycles. The van der Waals surface area contributed by atoms with E-state index in [1.807, 2.05) is 42.5 Å². The molecule has 1 amide bonds. The Morgan fingerprint density at radius 1 is 1.15 bits per heavy atom. The predicted molar refractivity (Wildman–Crippen MR) is 83.6 cm³/mol. The van der Waals surface area contributed by atoms with Crippen molar-refractivity contribution in [3.63, 3.8) is 0 Å². The topological polar surface area (TPSA) is 38.3 Å². The molecule has 0 atom stereocenters. The second-order valence-corrected chi connectivity index (χ2v) is 4.83. The van der Waals surface area contributed by atoms with Gasteiger partial charge in [0.1, 0.15) is 5.75 Å². The van der Waals surface area contributed by atoms with E-state index in [0.717, 1.165) is 11.3 Å². The van der Waals surface area contributed by atoms with Crippen molar-refractivity contribution in [3.8, 4) is 5.75 Å². The number of carbonyl (C=O) groups is 1. The maximum atomic E-state index is 11.8. The van der Waals surface area contributed by atoms with Crippen LogP contribution in [-0.2, 0) is 11.2 Å². The van der Waals surface area contributed by atoms with Crippen molar-refractivity contribution in [3.05, 3.63) is 54.1 Å². The van der Waals surface area contributed by atoms with Crippen LogP contribution in [0.3, 0.4) is 0 Å². The first-order chi connectivity index (χ1) is 9.69. The van der Waals surface area contributed by atoms with Gasteiger partial charge in [-0.05, 0) is 36.2 Å². The smallest absolute Gasteiger partial charge is 0.262 e. The van der Waals surface area contributed by atoms with Crippen LogP contribution in [0.2, 0.25) is 0 Å². The summed E-state index contributed by atoms with van der Waals surface area (Å²) in [7, 11) is 0. The molecule has 3 nitrogen and oxygen atoms in total. The molecule has 0 bridgehead atoms. The van der Waals surface area contributed by atoms with Gasteiger partial charge in [0, 0.05) is 4.90 Å². The van der Waals surface area contributed by atoms with E-state index in [9.17, 15) is 4.79 Å². The summed E-state index contributed by atoms with van der Waals surface area (Å²) in [5.74, 6) is 0.488. The van der Waals surface area contributed by atoms with E-state index in [1.54, 1.807) is 6.07 Å². The normalized spacial score (nSPS) is 10.1. The quantitative estimate of drug-likeness (QED) is 0.825. The standard InChI is InChI=1S/C16H17NO2S/c1-2-12-7-9-13(10-8-12)19-11-16(18)17-14-5-3-4-6-15(14)20/h3-10,20H,2,11H2,1H3,(H,17,18). The Morgan fingerprint density at radius 2 is 1.85 bits per heavy atom. The van der Waals surface area contributed by atoms with E-state index in [0.29, 0.717) is 11.4 Å². The number of anilines is 1. The molecule has 0 aliphatic carbocycles. The summed E-state index contributed by atoms with van der Waals surface area (Å²) in [5, 5.41) is 2.76. The molecule has 0 saturated heterocycles. The van der Waals surface area contributed by atoms with Crippen molar-refractivity contribution < 1.29 is 9.53 Å². The number of ether oxygens (including phenoxy) is 1. The minimum absolute atomic E-state index is 0.0203. The fourth-order valence-corrected chi connectivity index (χ4v) is 1.95. The Kier molecular flexibility index (Phi) is 5.07. The minimum atomic E-state index is -0.203. The minimum Gasteiger partial charge on any atom is -0.484 e. The summed E-state index contributed by atoms with van der Waals surface area (Å²) in [6.07, 6.45) is 0.986. The van der Waals surface area contributed by atoms with Gasteiger partial charge in [-0.2, -0.15) is 0 Å². The van der Waals surface area contributed by atoms with Crippen molar-refractivity contribution in [1.29, 1.82) is 0 Å². The Balaban J connectivity index is 1.87. The number of para-hydroxylation sites is 1. The van der Waals surface area contributed by atoms with Crippen molar-refractivity contribution in [2.24, 2.45) is 0 Å². The molecule has 0 spiro atoms. The predicted octanol–water partition coefficient (Wildman–Crippen LogP) is 3.56. The van der Waals surface area contributed by atoms with Gasteiger partial charge in [0.2, 0.25) is 0 Å². The lowest BCUT2D eigenvalue weighted by atomic mass is 10.2. The van der Waals surface area contributed by atoms with Crippen LogP contribution in [0.4, 0.5) is 5.69 Å². The zero-order valence-electron chi connectivity index (χ0n) is 11.3. The zero-order valence-corrected chi connectivity index (χ0v) is 12.2. The maximum Gasteiger partial charge on any atom is 0.262 e. The number of carbonyl (C=O) groups excluding carboxylic acids is 1. The molecule has 0 aliphatic heterocycles. The summed E-state index contributed by atoms with van der Waals surface area (Å²) in [6, 6.07) is 15.1. The Labute approximate surface area is 124 Å². The monoisotopic (exact) mass is 287 g/mol. The van der Waals surface area contributed by atoms with Gasteiger partial charge in [-0.3, -0.25) is 4.79 Å². The van der Waals surface area contributed by atoms with Gasteiger partial charge in [0.15, 0.2) is 6.61 Å². The fourth-order valence-electron chi connectivity index (χ4n) is 1.74. The van der Waals surface area contributed by atoms with Gasteiger partial charge in [0.05, 0.1) is 5.69 Å². The van der Waals surface area contributed by atoms with E-state index in [1.165, 1.54) is 5.56 Å². The Bertz CT molecular complexity index is 581. The third-order valence-corrected chi connectivity index (χ3v) is 3.27. The molecule has 1 N–H and O–H groups in total. The average Bonchev–Trinajstić information content (AvgIpc) is 2.48. The largest absolute Gasteiger partial charge is 0.484 e. The van der Waals surface area contributed by atoms with E-state index in [2.05, 4.69) is 24.9 Å². The SMILES string of the molecule is CCc1ccc(OCC(=O)Nc2ccccc2S)cc1. The molecule has 0 radical (unpaired) electrons. The highest BCUT2D eigenvalue weighted by Gasteiger charge is 2.05. The first kappa shape index (κ1) is 14.5. The third-order valence-electron chi connectivity index (χ3n) is 2.88. The molecule has 20 heavy (non-hydrogen) atoms. The number of hydrogen-bond acceptors (Lipinski definition) is 3. The zero-order chi connectivity index (χ0) is 14.4. The van der Waals surface area contributed by atoms with Gasteiger partial charge < -0.3 is 10.1 Å². The number of nitrogens with one attached hydrogen (secondary N) is 1.